The number of carbonyl (C=O) groups excluding carboxylic acids is 2. The summed E-state index contributed by atoms with van der Waals surface area (Å²) in [6.45, 7) is 2.09. The van der Waals surface area contributed by atoms with Crippen LogP contribution in [0.25, 0.3) is 0 Å². The van der Waals surface area contributed by atoms with E-state index in [1.165, 1.54) is 17.0 Å². The number of benzene rings is 1. The van der Waals surface area contributed by atoms with Crippen molar-refractivity contribution in [1.29, 1.82) is 0 Å². The van der Waals surface area contributed by atoms with Gasteiger partial charge in [0, 0.05) is 13.0 Å². The summed E-state index contributed by atoms with van der Waals surface area (Å²) in [7, 11) is 0. The second kappa shape index (κ2) is 5.34. The van der Waals surface area contributed by atoms with Crippen LogP contribution in [0.4, 0.5) is 14.5 Å². The van der Waals surface area contributed by atoms with Gasteiger partial charge in [-0.1, -0.05) is 0 Å². The normalized spacial score (nSPS) is 14.9. The molecule has 6 heteroatoms. The minimum atomic E-state index is -1.24. The number of esters is 1. The Bertz CT molecular complexity index is 531. The molecule has 0 radical (unpaired) electrons. The highest BCUT2D eigenvalue weighted by atomic mass is 19.2. The number of nitrogens with zero attached hydrogens (tertiary/aromatic N) is 1. The van der Waals surface area contributed by atoms with E-state index >= 15 is 0 Å². The van der Waals surface area contributed by atoms with E-state index in [9.17, 15) is 18.4 Å². The van der Waals surface area contributed by atoms with E-state index in [1.54, 1.807) is 6.92 Å². The van der Waals surface area contributed by atoms with Crippen molar-refractivity contribution in [3.63, 3.8) is 0 Å². The summed E-state index contributed by atoms with van der Waals surface area (Å²) in [6.07, 6.45) is 0.320. The van der Waals surface area contributed by atoms with Crippen molar-refractivity contribution in [3.05, 3.63) is 29.3 Å². The smallest absolute Gasteiger partial charge is 0.341 e. The van der Waals surface area contributed by atoms with Gasteiger partial charge in [0.1, 0.15) is 0 Å². The molecule has 0 amide bonds. The van der Waals surface area contributed by atoms with Crippen LogP contribution in [0, 0.1) is 11.6 Å². The highest BCUT2D eigenvalue weighted by Crippen LogP contribution is 2.26. The van der Waals surface area contributed by atoms with Gasteiger partial charge in [-0.3, -0.25) is 4.79 Å². The van der Waals surface area contributed by atoms with Crippen molar-refractivity contribution in [2.24, 2.45) is 0 Å². The van der Waals surface area contributed by atoms with Gasteiger partial charge in [-0.2, -0.15) is 0 Å². The molecule has 4 nitrogen and oxygen atoms in total. The van der Waals surface area contributed by atoms with Gasteiger partial charge >= 0.3 is 5.97 Å². The zero-order valence-electron chi connectivity index (χ0n) is 10.4. The van der Waals surface area contributed by atoms with Gasteiger partial charge in [0.15, 0.2) is 17.4 Å². The quantitative estimate of drug-likeness (QED) is 0.786. The average molecular weight is 269 g/mol. The number of halogens is 2. The molecule has 102 valence electrons. The number of ketones is 1. The Kier molecular flexibility index (Phi) is 3.78. The molecule has 2 rings (SSSR count). The third-order valence-electron chi connectivity index (χ3n) is 2.93. The first-order valence-corrected chi connectivity index (χ1v) is 5.96. The molecule has 0 spiro atoms. The maximum Gasteiger partial charge on any atom is 0.341 e. The Hall–Kier alpha value is -1.98. The van der Waals surface area contributed by atoms with Crippen LogP contribution in [0.15, 0.2) is 12.1 Å². The van der Waals surface area contributed by atoms with Crippen LogP contribution in [0.3, 0.4) is 0 Å². The molecule has 0 unspecified atom stereocenters. The summed E-state index contributed by atoms with van der Waals surface area (Å²) in [5.41, 5.74) is -0.440. The van der Waals surface area contributed by atoms with Gasteiger partial charge < -0.3 is 9.64 Å². The minimum absolute atomic E-state index is 0.00333. The van der Waals surface area contributed by atoms with E-state index in [0.717, 1.165) is 0 Å². The molecular formula is C13H13F2NO3. The number of hydrogen-bond donors (Lipinski definition) is 0. The molecule has 1 fully saturated rings. The summed E-state index contributed by atoms with van der Waals surface area (Å²) in [5, 5.41) is 0. The molecule has 0 bridgehead atoms. The Balaban J connectivity index is 2.32. The molecule has 0 aliphatic carbocycles. The zero-order chi connectivity index (χ0) is 14.0. The fourth-order valence-corrected chi connectivity index (χ4v) is 1.99. The van der Waals surface area contributed by atoms with Crippen LogP contribution < -0.4 is 4.90 Å². The Morgan fingerprint density at radius 1 is 1.37 bits per heavy atom. The molecule has 1 heterocycles. The number of anilines is 1. The van der Waals surface area contributed by atoms with Crippen molar-refractivity contribution in [3.8, 4) is 0 Å². The minimum Gasteiger partial charge on any atom is -0.462 e. The molecule has 1 saturated heterocycles. The summed E-state index contributed by atoms with van der Waals surface area (Å²) in [4.78, 5) is 24.0. The summed E-state index contributed by atoms with van der Waals surface area (Å²) in [5.74, 6) is -3.28. The summed E-state index contributed by atoms with van der Waals surface area (Å²) >= 11 is 0. The first-order valence-electron chi connectivity index (χ1n) is 5.96. The van der Waals surface area contributed by atoms with Crippen molar-refractivity contribution >= 4 is 17.4 Å². The van der Waals surface area contributed by atoms with Gasteiger partial charge in [-0.15, -0.1) is 0 Å². The second-order valence-corrected chi connectivity index (χ2v) is 4.19. The molecule has 1 aromatic carbocycles. The van der Waals surface area contributed by atoms with Crippen LogP contribution >= 0.6 is 0 Å². The van der Waals surface area contributed by atoms with Gasteiger partial charge in [0.05, 0.1) is 24.4 Å². The molecular weight excluding hydrogens is 256 g/mol. The third-order valence-corrected chi connectivity index (χ3v) is 2.93. The van der Waals surface area contributed by atoms with Crippen molar-refractivity contribution in [2.45, 2.75) is 13.3 Å². The largest absolute Gasteiger partial charge is 0.462 e. The molecule has 1 aliphatic heterocycles. The molecule has 0 saturated carbocycles. The predicted molar refractivity (Wildman–Crippen MR) is 64.2 cm³/mol. The van der Waals surface area contributed by atoms with E-state index in [0.29, 0.717) is 13.0 Å². The molecule has 19 heavy (non-hydrogen) atoms. The number of rotatable bonds is 3. The van der Waals surface area contributed by atoms with E-state index < -0.39 is 23.2 Å². The Labute approximate surface area is 109 Å². The lowest BCUT2D eigenvalue weighted by Crippen LogP contribution is -2.22. The molecule has 1 aliphatic rings. The second-order valence-electron chi connectivity index (χ2n) is 4.19. The highest BCUT2D eigenvalue weighted by Gasteiger charge is 2.26. The number of Topliss-reactive ketones (excluding diaryl/α,β-unsaturated/α-hetero) is 1. The zero-order valence-corrected chi connectivity index (χ0v) is 10.4. The lowest BCUT2D eigenvalue weighted by atomic mass is 10.1. The maximum atomic E-state index is 13.9. The molecule has 0 aromatic heterocycles. The van der Waals surface area contributed by atoms with Crippen molar-refractivity contribution in [1.82, 2.24) is 0 Å². The van der Waals surface area contributed by atoms with Crippen LogP contribution in [0.5, 0.6) is 0 Å². The highest BCUT2D eigenvalue weighted by molar-refractivity contribution is 5.91. The topological polar surface area (TPSA) is 46.6 Å². The SMILES string of the molecule is CCOC(=O)c1ccc(N2CCC(=O)C2)c(F)c1F. The fraction of sp³-hybridized carbons (Fsp3) is 0.385. The van der Waals surface area contributed by atoms with E-state index in [1.807, 2.05) is 0 Å². The van der Waals surface area contributed by atoms with Crippen LogP contribution in [0.1, 0.15) is 23.7 Å². The predicted octanol–water partition coefficient (Wildman–Crippen LogP) is 1.92. The molecule has 1 aromatic rings. The third kappa shape index (κ3) is 2.57. The van der Waals surface area contributed by atoms with Crippen LogP contribution in [-0.4, -0.2) is 31.4 Å². The van der Waals surface area contributed by atoms with E-state index in [4.69, 9.17) is 0 Å². The van der Waals surface area contributed by atoms with Crippen LogP contribution in [-0.2, 0) is 9.53 Å². The fourth-order valence-electron chi connectivity index (χ4n) is 1.99. The number of hydrogen-bond acceptors (Lipinski definition) is 4. The summed E-state index contributed by atoms with van der Waals surface area (Å²) in [6, 6.07) is 2.47. The Morgan fingerprint density at radius 2 is 2.11 bits per heavy atom. The molecule has 0 atom stereocenters. The van der Waals surface area contributed by atoms with Gasteiger partial charge in [0.25, 0.3) is 0 Å². The van der Waals surface area contributed by atoms with Gasteiger partial charge in [-0.25, -0.2) is 13.6 Å². The maximum absolute atomic E-state index is 13.9. The van der Waals surface area contributed by atoms with Gasteiger partial charge in [0.2, 0.25) is 0 Å². The standard InChI is InChI=1S/C13H13F2NO3/c1-2-19-13(18)9-3-4-10(12(15)11(9)14)16-6-5-8(17)7-16/h3-4H,2,5-7H2,1H3. The van der Waals surface area contributed by atoms with E-state index in [-0.39, 0.29) is 24.6 Å². The monoisotopic (exact) mass is 269 g/mol. The first-order chi connectivity index (χ1) is 9.04. The molecule has 0 N–H and O–H groups in total. The van der Waals surface area contributed by atoms with Crippen molar-refractivity contribution < 1.29 is 23.1 Å². The average Bonchev–Trinajstić information content (AvgIpc) is 2.79. The first kappa shape index (κ1) is 13.5. The van der Waals surface area contributed by atoms with Crippen molar-refractivity contribution in [2.75, 3.05) is 24.6 Å². The van der Waals surface area contributed by atoms with Gasteiger partial charge in [-0.05, 0) is 19.1 Å². The Morgan fingerprint density at radius 3 is 2.68 bits per heavy atom. The lowest BCUT2D eigenvalue weighted by Gasteiger charge is -2.18. The number of carbonyl (C=O) groups is 2. The summed E-state index contributed by atoms with van der Waals surface area (Å²) < 4.78 is 32.3. The number of ether oxygens (including phenoxy) is 1. The van der Waals surface area contributed by atoms with Crippen LogP contribution in [0.2, 0.25) is 0 Å². The lowest BCUT2D eigenvalue weighted by molar-refractivity contribution is -0.116. The van der Waals surface area contributed by atoms with E-state index in [2.05, 4.69) is 4.74 Å².